The zero-order valence-electron chi connectivity index (χ0n) is 11.1. The van der Waals surface area contributed by atoms with Crippen LogP contribution in [0.5, 0.6) is 0 Å². The van der Waals surface area contributed by atoms with Gasteiger partial charge in [0.05, 0.1) is 0 Å². The molecule has 0 aliphatic heterocycles. The van der Waals surface area contributed by atoms with Crippen LogP contribution in [0.3, 0.4) is 0 Å². The van der Waals surface area contributed by atoms with Crippen molar-refractivity contribution in [1.29, 1.82) is 0 Å². The highest BCUT2D eigenvalue weighted by Crippen LogP contribution is 2.26. The molecule has 0 radical (unpaired) electrons. The lowest BCUT2D eigenvalue weighted by atomic mass is 9.94. The van der Waals surface area contributed by atoms with Crippen LogP contribution in [0, 0.1) is 0 Å². The number of nitrogens with zero attached hydrogens (tertiary/aromatic N) is 1. The third kappa shape index (κ3) is 4.36. The van der Waals surface area contributed by atoms with Gasteiger partial charge in [0.1, 0.15) is 18.0 Å². The van der Waals surface area contributed by atoms with Crippen molar-refractivity contribution in [1.82, 2.24) is 4.90 Å². The molecule has 1 atom stereocenters. The first-order chi connectivity index (χ1) is 8.12. The molecule has 0 aromatic heterocycles. The van der Waals surface area contributed by atoms with Crippen LogP contribution in [0.1, 0.15) is 13.3 Å². The van der Waals surface area contributed by atoms with E-state index < -0.39 is 0 Å². The summed E-state index contributed by atoms with van der Waals surface area (Å²) in [4.78, 5) is 2.10. The molecule has 96 valence electrons. The summed E-state index contributed by atoms with van der Waals surface area (Å²) < 4.78 is 11.3. The Hall–Kier alpha value is -1.06. The van der Waals surface area contributed by atoms with Crippen LogP contribution in [-0.2, 0) is 9.47 Å². The number of allylic oxidation sites excluding steroid dienone is 1. The molecule has 0 N–H and O–H groups in total. The van der Waals surface area contributed by atoms with Gasteiger partial charge in [-0.05, 0) is 39.2 Å². The van der Waals surface area contributed by atoms with Crippen LogP contribution < -0.4 is 0 Å². The van der Waals surface area contributed by atoms with E-state index in [1.807, 2.05) is 39.2 Å². The van der Waals surface area contributed by atoms with E-state index in [0.29, 0.717) is 13.2 Å². The van der Waals surface area contributed by atoms with Crippen molar-refractivity contribution in [3.05, 3.63) is 36.6 Å². The Kier molecular flexibility index (Phi) is 5.45. The predicted molar refractivity (Wildman–Crippen MR) is 70.9 cm³/mol. The minimum atomic E-state index is -0.344. The van der Waals surface area contributed by atoms with E-state index in [9.17, 15) is 0 Å². The van der Waals surface area contributed by atoms with Gasteiger partial charge in [0.15, 0.2) is 0 Å². The van der Waals surface area contributed by atoms with Crippen molar-refractivity contribution in [2.75, 3.05) is 33.9 Å². The number of hydrogen-bond donors (Lipinski definition) is 0. The second kappa shape index (κ2) is 6.62. The van der Waals surface area contributed by atoms with Crippen LogP contribution in [0.15, 0.2) is 36.6 Å². The van der Waals surface area contributed by atoms with E-state index in [1.54, 1.807) is 0 Å². The van der Waals surface area contributed by atoms with Crippen molar-refractivity contribution in [2.24, 2.45) is 0 Å². The molecule has 0 amide bonds. The molecule has 0 spiro atoms. The SMILES string of the molecule is C=CC1(OCC)C=CC(OCCN(C)C)=CC1. The van der Waals surface area contributed by atoms with Crippen molar-refractivity contribution in [3.63, 3.8) is 0 Å². The van der Waals surface area contributed by atoms with Crippen LogP contribution in [0.4, 0.5) is 0 Å². The van der Waals surface area contributed by atoms with Gasteiger partial charge in [-0.1, -0.05) is 12.7 Å². The Balaban J connectivity index is 2.44. The lowest BCUT2D eigenvalue weighted by Crippen LogP contribution is -2.28. The minimum absolute atomic E-state index is 0.344. The molecule has 0 fully saturated rings. The van der Waals surface area contributed by atoms with Crippen LogP contribution in [0.25, 0.3) is 0 Å². The smallest absolute Gasteiger partial charge is 0.115 e. The largest absolute Gasteiger partial charge is 0.493 e. The van der Waals surface area contributed by atoms with Crippen LogP contribution in [-0.4, -0.2) is 44.4 Å². The molecule has 0 aromatic carbocycles. The summed E-state index contributed by atoms with van der Waals surface area (Å²) in [6, 6.07) is 0. The third-order valence-electron chi connectivity index (χ3n) is 2.72. The maximum absolute atomic E-state index is 5.70. The summed E-state index contributed by atoms with van der Waals surface area (Å²) in [7, 11) is 4.07. The lowest BCUT2D eigenvalue weighted by Gasteiger charge is -2.28. The van der Waals surface area contributed by atoms with Crippen molar-refractivity contribution >= 4 is 0 Å². The summed E-state index contributed by atoms with van der Waals surface area (Å²) >= 11 is 0. The average Bonchev–Trinajstić information content (AvgIpc) is 2.31. The summed E-state index contributed by atoms with van der Waals surface area (Å²) in [6.45, 7) is 8.13. The van der Waals surface area contributed by atoms with Gasteiger partial charge in [-0.15, -0.1) is 0 Å². The number of likely N-dealkylation sites (N-methyl/N-ethyl adjacent to an activating group) is 1. The molecular formula is C14H23NO2. The first-order valence-corrected chi connectivity index (χ1v) is 6.06. The van der Waals surface area contributed by atoms with Gasteiger partial charge in [-0.3, -0.25) is 0 Å². The van der Waals surface area contributed by atoms with E-state index in [4.69, 9.17) is 9.47 Å². The summed E-state index contributed by atoms with van der Waals surface area (Å²) in [5.74, 6) is 0.920. The number of rotatable bonds is 7. The molecule has 0 saturated carbocycles. The molecule has 17 heavy (non-hydrogen) atoms. The first-order valence-electron chi connectivity index (χ1n) is 6.06. The Morgan fingerprint density at radius 2 is 2.29 bits per heavy atom. The summed E-state index contributed by atoms with van der Waals surface area (Å²) in [6.07, 6.45) is 8.69. The number of ether oxygens (including phenoxy) is 2. The van der Waals surface area contributed by atoms with Gasteiger partial charge in [0.2, 0.25) is 0 Å². The molecule has 3 heteroatoms. The second-order valence-corrected chi connectivity index (χ2v) is 4.39. The molecular weight excluding hydrogens is 214 g/mol. The van der Waals surface area contributed by atoms with Gasteiger partial charge < -0.3 is 14.4 Å². The average molecular weight is 237 g/mol. The highest BCUT2D eigenvalue weighted by molar-refractivity contribution is 5.28. The van der Waals surface area contributed by atoms with Gasteiger partial charge in [-0.2, -0.15) is 0 Å². The van der Waals surface area contributed by atoms with Crippen LogP contribution in [0.2, 0.25) is 0 Å². The van der Waals surface area contributed by atoms with Crippen LogP contribution >= 0.6 is 0 Å². The molecule has 0 heterocycles. The third-order valence-corrected chi connectivity index (χ3v) is 2.72. The number of hydrogen-bond acceptors (Lipinski definition) is 3. The van der Waals surface area contributed by atoms with Crippen molar-refractivity contribution < 1.29 is 9.47 Å². The van der Waals surface area contributed by atoms with E-state index >= 15 is 0 Å². The maximum atomic E-state index is 5.70. The second-order valence-electron chi connectivity index (χ2n) is 4.39. The fourth-order valence-corrected chi connectivity index (χ4v) is 1.66. The highest BCUT2D eigenvalue weighted by Gasteiger charge is 2.25. The zero-order valence-corrected chi connectivity index (χ0v) is 11.1. The van der Waals surface area contributed by atoms with E-state index in [2.05, 4.69) is 17.6 Å². The van der Waals surface area contributed by atoms with Gasteiger partial charge in [-0.25, -0.2) is 0 Å². The zero-order chi connectivity index (χ0) is 12.7. The molecule has 0 bridgehead atoms. The fourth-order valence-electron chi connectivity index (χ4n) is 1.66. The standard InChI is InChI=1S/C14H23NO2/c1-5-14(17-6-2)9-7-13(8-10-14)16-12-11-15(3)4/h5,7-9H,1,6,10-12H2,2-4H3. The topological polar surface area (TPSA) is 21.7 Å². The Morgan fingerprint density at radius 3 is 2.76 bits per heavy atom. The van der Waals surface area contributed by atoms with Gasteiger partial charge >= 0.3 is 0 Å². The van der Waals surface area contributed by atoms with E-state index in [0.717, 1.165) is 18.7 Å². The van der Waals surface area contributed by atoms with Gasteiger partial charge in [0, 0.05) is 19.6 Å². The summed E-state index contributed by atoms with van der Waals surface area (Å²) in [5.41, 5.74) is -0.344. The molecule has 0 aromatic rings. The molecule has 3 nitrogen and oxygen atoms in total. The van der Waals surface area contributed by atoms with E-state index in [-0.39, 0.29) is 5.60 Å². The fraction of sp³-hybridized carbons (Fsp3) is 0.571. The minimum Gasteiger partial charge on any atom is -0.493 e. The van der Waals surface area contributed by atoms with E-state index in [1.165, 1.54) is 0 Å². The Labute approximate surface area is 104 Å². The Bertz CT molecular complexity index is 307. The van der Waals surface area contributed by atoms with Gasteiger partial charge in [0.25, 0.3) is 0 Å². The normalized spacial score (nSPS) is 23.6. The summed E-state index contributed by atoms with van der Waals surface area (Å²) in [5, 5.41) is 0. The molecule has 0 saturated heterocycles. The molecule has 1 rings (SSSR count). The monoisotopic (exact) mass is 237 g/mol. The highest BCUT2D eigenvalue weighted by atomic mass is 16.5. The Morgan fingerprint density at radius 1 is 1.53 bits per heavy atom. The predicted octanol–water partition coefficient (Wildman–Crippen LogP) is 2.37. The molecule has 1 unspecified atom stereocenters. The molecule has 1 aliphatic carbocycles. The van der Waals surface area contributed by atoms with Crippen molar-refractivity contribution in [2.45, 2.75) is 18.9 Å². The molecule has 1 aliphatic rings. The first kappa shape index (κ1) is 14.0. The quantitative estimate of drug-likeness (QED) is 0.635. The lowest BCUT2D eigenvalue weighted by molar-refractivity contribution is 0.0360. The maximum Gasteiger partial charge on any atom is 0.115 e. The van der Waals surface area contributed by atoms with Crippen molar-refractivity contribution in [3.8, 4) is 0 Å².